The molecule has 1 fully saturated rings. The van der Waals surface area contributed by atoms with Gasteiger partial charge in [-0.25, -0.2) is 28.6 Å². The maximum atomic E-state index is 12.7. The molecule has 7 atom stereocenters. The van der Waals surface area contributed by atoms with E-state index in [1.54, 1.807) is 0 Å². The highest BCUT2D eigenvalue weighted by Gasteiger charge is 2.50. The molecule has 3 rings (SSSR count). The topological polar surface area (TPSA) is 381 Å². The number of rotatable bonds is 26. The summed E-state index contributed by atoms with van der Waals surface area (Å²) in [7, 11) is -16.4. The van der Waals surface area contributed by atoms with Gasteiger partial charge in [0.15, 0.2) is 22.8 Å². The van der Waals surface area contributed by atoms with E-state index >= 15 is 0 Å². The summed E-state index contributed by atoms with van der Waals surface area (Å²) in [6, 6.07) is 0. The molecule has 1 aliphatic heterocycles. The Morgan fingerprint density at radius 2 is 1.71 bits per heavy atom. The summed E-state index contributed by atoms with van der Waals surface area (Å²) in [5.41, 5.74) is 4.25. The first-order valence-electron chi connectivity index (χ1n) is 17.5. The van der Waals surface area contributed by atoms with Crippen LogP contribution in [-0.4, -0.2) is 129 Å². The number of aliphatic hydroxyl groups is 2. The molecule has 0 aliphatic carbocycles. The van der Waals surface area contributed by atoms with Gasteiger partial charge in [-0.05, 0) is 12.8 Å². The molecule has 10 N–H and O–H groups in total. The Balaban J connectivity index is 1.44. The Kier molecular flexibility index (Phi) is 19.0. The normalized spacial score (nSPS) is 21.2. The number of thioether (sulfide) groups is 1. The van der Waals surface area contributed by atoms with Crippen LogP contribution in [0.1, 0.15) is 65.0 Å². The monoisotopic (exact) mass is 907 g/mol. The van der Waals surface area contributed by atoms with Gasteiger partial charge in [-0.1, -0.05) is 38.5 Å². The van der Waals surface area contributed by atoms with Crippen LogP contribution < -0.4 is 16.4 Å². The number of nitrogens with zero attached hydrogens (tertiary/aromatic N) is 4. The number of phosphoric acid groups is 3. The summed E-state index contributed by atoms with van der Waals surface area (Å²) in [4.78, 5) is 97.9. The number of fused-ring (bicyclic) bond motifs is 1. The lowest BCUT2D eigenvalue weighted by molar-refractivity contribution is -0.137. The van der Waals surface area contributed by atoms with Crippen LogP contribution >= 0.6 is 35.2 Å². The Labute approximate surface area is 335 Å². The van der Waals surface area contributed by atoms with Crippen molar-refractivity contribution in [3.8, 4) is 0 Å². The fourth-order valence-corrected chi connectivity index (χ4v) is 8.77. The van der Waals surface area contributed by atoms with Gasteiger partial charge in [0.05, 0.1) is 19.5 Å². The molecule has 58 heavy (non-hydrogen) atoms. The Bertz CT molecular complexity index is 1870. The number of unbranched alkanes of at least 4 members (excludes halogenated alkanes) is 4. The van der Waals surface area contributed by atoms with Gasteiger partial charge in [0.25, 0.3) is 0 Å². The lowest BCUT2D eigenvalue weighted by Gasteiger charge is -2.30. The van der Waals surface area contributed by atoms with Gasteiger partial charge in [0, 0.05) is 43.5 Å². The van der Waals surface area contributed by atoms with Gasteiger partial charge in [-0.2, -0.15) is 4.31 Å². The second-order valence-electron chi connectivity index (χ2n) is 13.4. The van der Waals surface area contributed by atoms with Crippen molar-refractivity contribution in [2.75, 3.05) is 37.8 Å². The number of nitrogens with one attached hydrogen (secondary N) is 2. The van der Waals surface area contributed by atoms with Crippen molar-refractivity contribution >= 4 is 75.4 Å². The molecule has 2 amide bonds. The van der Waals surface area contributed by atoms with Crippen molar-refractivity contribution in [1.29, 1.82) is 0 Å². The van der Waals surface area contributed by atoms with Gasteiger partial charge in [0.2, 0.25) is 11.8 Å². The first kappa shape index (κ1) is 49.6. The number of nitrogens with two attached hydrogens (primary N) is 1. The minimum atomic E-state index is -5.58. The van der Waals surface area contributed by atoms with Crippen LogP contribution in [0, 0.1) is 5.41 Å². The number of hydrogen-bond donors (Lipinski definition) is 9. The number of carbonyl (C=O) groups is 4. The van der Waals surface area contributed by atoms with E-state index in [9.17, 15) is 62.7 Å². The first-order chi connectivity index (χ1) is 27.1. The molecular formula is C29H48N7O18P3S. The average Bonchev–Trinajstić information content (AvgIpc) is 3.69. The maximum absolute atomic E-state index is 12.7. The Morgan fingerprint density at radius 1 is 1.02 bits per heavy atom. The fraction of sp³-hybridized carbons (Fsp3) is 0.690. The number of nitrogen functional groups attached to an aromatic ring is 1. The number of aromatic nitrogens is 4. The quantitative estimate of drug-likeness (QED) is 0.0346. The van der Waals surface area contributed by atoms with Crippen LogP contribution in [0.15, 0.2) is 12.7 Å². The molecule has 2 unspecified atom stereocenters. The van der Waals surface area contributed by atoms with Crippen LogP contribution in [0.4, 0.5) is 5.82 Å². The molecule has 2 aromatic heterocycles. The summed E-state index contributed by atoms with van der Waals surface area (Å²) in [5, 5.41) is 26.4. The molecule has 25 nitrogen and oxygen atoms in total. The van der Waals surface area contributed by atoms with E-state index in [-0.39, 0.29) is 41.6 Å². The Hall–Kier alpha value is -2.77. The van der Waals surface area contributed by atoms with Gasteiger partial charge in [-0.15, -0.1) is 0 Å². The molecule has 1 aliphatic rings. The predicted octanol–water partition coefficient (Wildman–Crippen LogP) is 0.204. The Morgan fingerprint density at radius 3 is 2.40 bits per heavy atom. The van der Waals surface area contributed by atoms with Gasteiger partial charge < -0.3 is 55.7 Å². The van der Waals surface area contributed by atoms with E-state index in [2.05, 4.69) is 34.4 Å². The molecule has 2 aromatic rings. The van der Waals surface area contributed by atoms with Gasteiger partial charge >= 0.3 is 23.5 Å². The van der Waals surface area contributed by atoms with Crippen LogP contribution in [0.3, 0.4) is 0 Å². The number of carbonyl (C=O) groups excluding carboxylic acids is 4. The second kappa shape index (κ2) is 22.2. The molecule has 0 saturated carbocycles. The minimum Gasteiger partial charge on any atom is -0.386 e. The van der Waals surface area contributed by atoms with Crippen LogP contribution in [0.25, 0.3) is 11.2 Å². The molecule has 0 spiro atoms. The van der Waals surface area contributed by atoms with Gasteiger partial charge in [0.1, 0.15) is 42.5 Å². The third-order valence-electron chi connectivity index (χ3n) is 8.22. The average molecular weight is 908 g/mol. The summed E-state index contributed by atoms with van der Waals surface area (Å²) < 4.78 is 62.1. The number of phosphoric ester groups is 3. The van der Waals surface area contributed by atoms with E-state index in [0.29, 0.717) is 25.0 Å². The molecule has 0 aromatic carbocycles. The second-order valence-corrected chi connectivity index (χ2v) is 18.8. The predicted molar refractivity (Wildman–Crippen MR) is 201 cm³/mol. The fourth-order valence-electron chi connectivity index (χ4n) is 5.22. The van der Waals surface area contributed by atoms with Crippen LogP contribution in [-0.2, 0) is 55.5 Å². The standard InChI is InChI=1S/C29H48N7O18P3S/c1-29(2,24(41)27(42)32-10-9-19(38)31-11-13-58-20(39)8-6-4-3-5-7-12-37)15-51-57(48,49)54-56(46,47)50-14-18-23(53-55(43,44)45)22(40)28(52-18)36-17-35-21-25(30)33-16-34-26(21)36/h12,16-18,22-24,28,40-41H,3-11,13-15H2,1-2H3,(H,31,38)(H,32,42)(H,46,47)(H,48,49)(H2,30,33,34)(H2,43,44,45)/t18-,22-,23-,24+,28-/m1/s1. The zero-order valence-electron chi connectivity index (χ0n) is 31.3. The van der Waals surface area contributed by atoms with Crippen molar-refractivity contribution in [3.63, 3.8) is 0 Å². The van der Waals surface area contributed by atoms with Crippen molar-refractivity contribution < 1.29 is 85.3 Å². The highest BCUT2D eigenvalue weighted by atomic mass is 32.2. The highest BCUT2D eigenvalue weighted by Crippen LogP contribution is 2.61. The molecule has 29 heteroatoms. The van der Waals surface area contributed by atoms with E-state index < -0.39 is 84.6 Å². The smallest absolute Gasteiger partial charge is 0.386 e. The molecule has 0 radical (unpaired) electrons. The van der Waals surface area contributed by atoms with Crippen LogP contribution in [0.2, 0.25) is 0 Å². The molecule has 3 heterocycles. The lowest BCUT2D eigenvalue weighted by atomic mass is 9.87. The first-order valence-corrected chi connectivity index (χ1v) is 23.0. The number of imidazole rings is 1. The van der Waals surface area contributed by atoms with E-state index in [1.807, 2.05) is 0 Å². The SMILES string of the molecule is CC(C)(COP(=O)(O)OP(=O)(O)OC[C@H]1O[C@@H](n2cnc3c(N)ncnc32)[C@H](O)[C@@H]1OP(=O)(O)O)[C@@H](O)C(=O)NCCC(=O)NCCSC(=O)CCCCCCC=O. The zero-order chi connectivity index (χ0) is 43.3. The number of anilines is 1. The van der Waals surface area contributed by atoms with Crippen molar-refractivity contribution in [2.24, 2.45) is 5.41 Å². The third kappa shape index (κ3) is 16.0. The summed E-state index contributed by atoms with van der Waals surface area (Å²) in [6.45, 7) is 0.460. The minimum absolute atomic E-state index is 0.0124. The van der Waals surface area contributed by atoms with E-state index in [4.69, 9.17) is 19.5 Å². The highest BCUT2D eigenvalue weighted by molar-refractivity contribution is 8.13. The summed E-state index contributed by atoms with van der Waals surface area (Å²) >= 11 is 1.08. The zero-order valence-corrected chi connectivity index (χ0v) is 34.8. The largest absolute Gasteiger partial charge is 0.481 e. The van der Waals surface area contributed by atoms with Gasteiger partial charge in [-0.3, -0.25) is 32.5 Å². The molecular weight excluding hydrogens is 859 g/mol. The number of ether oxygens (including phenoxy) is 1. The number of aldehydes is 1. The lowest BCUT2D eigenvalue weighted by Crippen LogP contribution is -2.46. The number of hydrogen-bond acceptors (Lipinski definition) is 19. The van der Waals surface area contributed by atoms with E-state index in [1.165, 1.54) is 13.8 Å². The summed E-state index contributed by atoms with van der Waals surface area (Å²) in [5.74, 6) is -1.13. The van der Waals surface area contributed by atoms with Crippen LogP contribution in [0.5, 0.6) is 0 Å². The van der Waals surface area contributed by atoms with Crippen molar-refractivity contribution in [1.82, 2.24) is 30.2 Å². The molecule has 1 saturated heterocycles. The van der Waals surface area contributed by atoms with Crippen molar-refractivity contribution in [3.05, 3.63) is 12.7 Å². The van der Waals surface area contributed by atoms with Crippen molar-refractivity contribution in [2.45, 2.75) is 89.4 Å². The summed E-state index contributed by atoms with van der Waals surface area (Å²) in [6.07, 6.45) is -1.96. The van der Waals surface area contributed by atoms with E-state index in [0.717, 1.165) is 54.5 Å². The third-order valence-corrected chi connectivity index (χ3v) is 12.3. The number of amides is 2. The molecule has 328 valence electrons. The maximum Gasteiger partial charge on any atom is 0.481 e. The molecule has 0 bridgehead atoms. The number of aliphatic hydroxyl groups excluding tert-OH is 2.